The van der Waals surface area contributed by atoms with Crippen LogP contribution in [0.1, 0.15) is 16.3 Å². The van der Waals surface area contributed by atoms with Crippen molar-refractivity contribution in [2.45, 2.75) is 17.5 Å². The van der Waals surface area contributed by atoms with Crippen LogP contribution < -0.4 is 0 Å². The van der Waals surface area contributed by atoms with E-state index in [1.54, 1.807) is 25.6 Å². The molecule has 8 heteroatoms. The Morgan fingerprint density at radius 1 is 1.45 bits per heavy atom. The number of furan rings is 1. The van der Waals surface area contributed by atoms with Crippen LogP contribution in [0.3, 0.4) is 0 Å². The molecule has 108 valence electrons. The van der Waals surface area contributed by atoms with Crippen molar-refractivity contribution in [3.63, 3.8) is 0 Å². The molecule has 0 radical (unpaired) electrons. The average molecular weight is 297 g/mol. The van der Waals surface area contributed by atoms with Gasteiger partial charge in [-0.25, -0.2) is 4.79 Å². The SMILES string of the molecule is COCCn1cnnc1SCc1ccc(C(=O)OC)o1. The van der Waals surface area contributed by atoms with E-state index in [0.717, 1.165) is 5.16 Å². The Labute approximate surface area is 120 Å². The molecule has 0 aromatic carbocycles. The Balaban J connectivity index is 1.93. The molecule has 0 fully saturated rings. The smallest absolute Gasteiger partial charge is 0.373 e. The van der Waals surface area contributed by atoms with E-state index >= 15 is 0 Å². The maximum Gasteiger partial charge on any atom is 0.373 e. The Morgan fingerprint density at radius 3 is 3.05 bits per heavy atom. The highest BCUT2D eigenvalue weighted by Crippen LogP contribution is 2.22. The highest BCUT2D eigenvalue weighted by atomic mass is 32.2. The maximum absolute atomic E-state index is 11.3. The summed E-state index contributed by atoms with van der Waals surface area (Å²) in [7, 11) is 2.96. The number of esters is 1. The number of nitrogens with zero attached hydrogens (tertiary/aromatic N) is 3. The molecular weight excluding hydrogens is 282 g/mol. The minimum absolute atomic E-state index is 0.198. The lowest BCUT2D eigenvalue weighted by Crippen LogP contribution is -2.04. The molecular formula is C12H15N3O4S. The molecule has 20 heavy (non-hydrogen) atoms. The van der Waals surface area contributed by atoms with Gasteiger partial charge in [-0.05, 0) is 12.1 Å². The molecule has 0 saturated carbocycles. The van der Waals surface area contributed by atoms with Crippen molar-refractivity contribution >= 4 is 17.7 Å². The Bertz CT molecular complexity index is 567. The van der Waals surface area contributed by atoms with Crippen LogP contribution in [-0.4, -0.2) is 41.6 Å². The number of rotatable bonds is 7. The predicted molar refractivity (Wildman–Crippen MR) is 71.5 cm³/mol. The third kappa shape index (κ3) is 3.61. The Hall–Kier alpha value is -1.80. The molecule has 0 N–H and O–H groups in total. The summed E-state index contributed by atoms with van der Waals surface area (Å²) in [6.45, 7) is 1.29. The standard InChI is InChI=1S/C12H15N3O4S/c1-17-6-5-15-8-13-14-12(15)20-7-9-3-4-10(19-9)11(16)18-2/h3-4,8H,5-7H2,1-2H3. The number of ether oxygens (including phenoxy) is 2. The van der Waals surface area contributed by atoms with Crippen LogP contribution in [0.15, 0.2) is 28.0 Å². The summed E-state index contributed by atoms with van der Waals surface area (Å²) in [5.74, 6) is 0.952. The summed E-state index contributed by atoms with van der Waals surface area (Å²) in [6.07, 6.45) is 1.66. The van der Waals surface area contributed by atoms with Gasteiger partial charge in [-0.15, -0.1) is 10.2 Å². The fourth-order valence-corrected chi connectivity index (χ4v) is 2.34. The van der Waals surface area contributed by atoms with Crippen LogP contribution in [0.25, 0.3) is 0 Å². The molecule has 0 aliphatic rings. The molecule has 0 spiro atoms. The minimum Gasteiger partial charge on any atom is -0.463 e. The Morgan fingerprint density at radius 2 is 2.30 bits per heavy atom. The molecule has 0 bridgehead atoms. The highest BCUT2D eigenvalue weighted by Gasteiger charge is 2.12. The van der Waals surface area contributed by atoms with Gasteiger partial charge >= 0.3 is 5.97 Å². The molecule has 7 nitrogen and oxygen atoms in total. The van der Waals surface area contributed by atoms with Gasteiger partial charge in [0.1, 0.15) is 12.1 Å². The molecule has 2 heterocycles. The monoisotopic (exact) mass is 297 g/mol. The lowest BCUT2D eigenvalue weighted by molar-refractivity contribution is 0.0563. The first-order chi connectivity index (χ1) is 9.74. The Kier molecular flexibility index (Phi) is 5.19. The van der Waals surface area contributed by atoms with Gasteiger partial charge in [0.15, 0.2) is 5.16 Å². The van der Waals surface area contributed by atoms with E-state index in [4.69, 9.17) is 9.15 Å². The van der Waals surface area contributed by atoms with E-state index in [1.807, 2.05) is 4.57 Å². The van der Waals surface area contributed by atoms with Crippen LogP contribution in [0.4, 0.5) is 0 Å². The molecule has 0 atom stereocenters. The molecule has 0 aliphatic heterocycles. The fourth-order valence-electron chi connectivity index (χ4n) is 1.50. The zero-order chi connectivity index (χ0) is 14.4. The quantitative estimate of drug-likeness (QED) is 0.567. The van der Waals surface area contributed by atoms with E-state index in [9.17, 15) is 4.79 Å². The predicted octanol–water partition coefficient (Wildman–Crippen LogP) is 1.60. The first-order valence-electron chi connectivity index (χ1n) is 5.91. The number of aromatic nitrogens is 3. The summed E-state index contributed by atoms with van der Waals surface area (Å²) in [5, 5.41) is 8.67. The van der Waals surface area contributed by atoms with Crippen LogP contribution >= 0.6 is 11.8 Å². The van der Waals surface area contributed by atoms with E-state index in [1.165, 1.54) is 18.9 Å². The number of methoxy groups -OCH3 is 2. The molecule has 0 aliphatic carbocycles. The van der Waals surface area contributed by atoms with Gasteiger partial charge in [0, 0.05) is 13.7 Å². The second-order valence-electron chi connectivity index (χ2n) is 3.85. The lowest BCUT2D eigenvalue weighted by atomic mass is 10.4. The third-order valence-corrected chi connectivity index (χ3v) is 3.51. The molecule has 0 unspecified atom stereocenters. The van der Waals surface area contributed by atoms with Crippen molar-refractivity contribution < 1.29 is 18.7 Å². The van der Waals surface area contributed by atoms with Crippen LogP contribution in [-0.2, 0) is 21.8 Å². The number of hydrogen-bond acceptors (Lipinski definition) is 7. The topological polar surface area (TPSA) is 79.4 Å². The van der Waals surface area contributed by atoms with Gasteiger partial charge in [0.25, 0.3) is 0 Å². The van der Waals surface area contributed by atoms with Crippen LogP contribution in [0, 0.1) is 0 Å². The van der Waals surface area contributed by atoms with Crippen molar-refractivity contribution in [1.82, 2.24) is 14.8 Å². The maximum atomic E-state index is 11.3. The number of hydrogen-bond donors (Lipinski definition) is 0. The molecule has 2 rings (SSSR count). The van der Waals surface area contributed by atoms with Gasteiger partial charge in [0.2, 0.25) is 5.76 Å². The summed E-state index contributed by atoms with van der Waals surface area (Å²) in [4.78, 5) is 11.3. The molecule has 0 amide bonds. The summed E-state index contributed by atoms with van der Waals surface area (Å²) >= 11 is 1.48. The largest absolute Gasteiger partial charge is 0.463 e. The van der Waals surface area contributed by atoms with Crippen LogP contribution in [0.2, 0.25) is 0 Å². The first-order valence-corrected chi connectivity index (χ1v) is 6.89. The summed E-state index contributed by atoms with van der Waals surface area (Å²) < 4.78 is 16.9. The summed E-state index contributed by atoms with van der Waals surface area (Å²) in [6, 6.07) is 3.34. The second kappa shape index (κ2) is 7.11. The molecule has 0 saturated heterocycles. The second-order valence-corrected chi connectivity index (χ2v) is 4.79. The van der Waals surface area contributed by atoms with E-state index in [0.29, 0.717) is 24.7 Å². The van der Waals surface area contributed by atoms with E-state index < -0.39 is 5.97 Å². The number of carbonyl (C=O) groups is 1. The van der Waals surface area contributed by atoms with Crippen molar-refractivity contribution in [2.24, 2.45) is 0 Å². The van der Waals surface area contributed by atoms with Crippen molar-refractivity contribution in [2.75, 3.05) is 20.8 Å². The van der Waals surface area contributed by atoms with E-state index in [2.05, 4.69) is 14.9 Å². The van der Waals surface area contributed by atoms with Gasteiger partial charge < -0.3 is 18.5 Å². The highest BCUT2D eigenvalue weighted by molar-refractivity contribution is 7.98. The zero-order valence-corrected chi connectivity index (χ0v) is 12.1. The fraction of sp³-hybridized carbons (Fsp3) is 0.417. The lowest BCUT2D eigenvalue weighted by Gasteiger charge is -2.04. The first kappa shape index (κ1) is 14.6. The van der Waals surface area contributed by atoms with Crippen molar-refractivity contribution in [1.29, 1.82) is 0 Å². The third-order valence-electron chi connectivity index (χ3n) is 2.51. The number of thioether (sulfide) groups is 1. The van der Waals surface area contributed by atoms with Crippen LogP contribution in [0.5, 0.6) is 0 Å². The van der Waals surface area contributed by atoms with Gasteiger partial charge in [-0.1, -0.05) is 11.8 Å². The van der Waals surface area contributed by atoms with Gasteiger partial charge in [-0.2, -0.15) is 0 Å². The normalized spacial score (nSPS) is 10.7. The van der Waals surface area contributed by atoms with Gasteiger partial charge in [-0.3, -0.25) is 0 Å². The molecule has 2 aromatic heterocycles. The average Bonchev–Trinajstić information content (AvgIpc) is 3.11. The minimum atomic E-state index is -0.482. The van der Waals surface area contributed by atoms with Gasteiger partial charge in [0.05, 0.1) is 19.5 Å². The van der Waals surface area contributed by atoms with E-state index in [-0.39, 0.29) is 5.76 Å². The number of carbonyl (C=O) groups excluding carboxylic acids is 1. The van der Waals surface area contributed by atoms with Crippen molar-refractivity contribution in [3.8, 4) is 0 Å². The molecule has 2 aromatic rings. The van der Waals surface area contributed by atoms with Crippen molar-refractivity contribution in [3.05, 3.63) is 30.0 Å². The zero-order valence-electron chi connectivity index (χ0n) is 11.2. The summed E-state index contributed by atoms with van der Waals surface area (Å²) in [5.41, 5.74) is 0.